The van der Waals surface area contributed by atoms with Gasteiger partial charge in [-0.25, -0.2) is 0 Å². The zero-order valence-corrected chi connectivity index (χ0v) is 19.2. The number of anilines is 1. The van der Waals surface area contributed by atoms with Crippen LogP contribution in [0, 0.1) is 0 Å². The highest BCUT2D eigenvalue weighted by Gasteiger charge is 2.21. The molecule has 0 amide bonds. The van der Waals surface area contributed by atoms with Crippen LogP contribution >= 0.6 is 35.3 Å². The molecule has 148 valence electrons. The quantitative estimate of drug-likeness (QED) is 0.373. The first-order valence-corrected chi connectivity index (χ1v) is 10.1. The molecule has 1 N–H and O–H groups in total. The van der Waals surface area contributed by atoms with Crippen LogP contribution in [0.4, 0.5) is 5.69 Å². The van der Waals surface area contributed by atoms with Crippen molar-refractivity contribution in [2.24, 2.45) is 4.99 Å². The van der Waals surface area contributed by atoms with Crippen LogP contribution in [-0.4, -0.2) is 57.2 Å². The number of piperazine rings is 1. The minimum absolute atomic E-state index is 0. The van der Waals surface area contributed by atoms with E-state index in [1.807, 2.05) is 12.1 Å². The summed E-state index contributed by atoms with van der Waals surface area (Å²) in [5.74, 6) is 1.97. The minimum atomic E-state index is 0. The normalized spacial score (nSPS) is 14.7. The molecule has 1 aromatic heterocycles. The van der Waals surface area contributed by atoms with Crippen molar-refractivity contribution in [1.29, 1.82) is 0 Å². The minimum Gasteiger partial charge on any atom is -0.495 e. The van der Waals surface area contributed by atoms with E-state index in [4.69, 9.17) is 9.73 Å². The highest BCUT2D eigenvalue weighted by atomic mass is 127. The van der Waals surface area contributed by atoms with Gasteiger partial charge in [-0.3, -0.25) is 4.99 Å². The first-order valence-electron chi connectivity index (χ1n) is 9.25. The second kappa shape index (κ2) is 11.4. The van der Waals surface area contributed by atoms with Crippen molar-refractivity contribution in [2.45, 2.75) is 13.3 Å². The first-order chi connectivity index (χ1) is 12.8. The largest absolute Gasteiger partial charge is 0.495 e. The van der Waals surface area contributed by atoms with Gasteiger partial charge in [0, 0.05) is 50.6 Å². The third-order valence-electron chi connectivity index (χ3n) is 4.54. The Morgan fingerprint density at radius 2 is 1.93 bits per heavy atom. The number of rotatable bonds is 6. The van der Waals surface area contributed by atoms with Crippen molar-refractivity contribution in [3.8, 4) is 5.75 Å². The number of methoxy groups -OCH3 is 1. The van der Waals surface area contributed by atoms with Crippen LogP contribution in [0.5, 0.6) is 5.75 Å². The predicted molar refractivity (Wildman–Crippen MR) is 126 cm³/mol. The lowest BCUT2D eigenvalue weighted by molar-refractivity contribution is 0.367. The lowest BCUT2D eigenvalue weighted by Gasteiger charge is -2.38. The Balaban J connectivity index is 0.00000261. The topological polar surface area (TPSA) is 40.1 Å². The molecule has 27 heavy (non-hydrogen) atoms. The fourth-order valence-electron chi connectivity index (χ4n) is 3.20. The van der Waals surface area contributed by atoms with Crippen LogP contribution in [0.1, 0.15) is 11.8 Å². The Kier molecular flexibility index (Phi) is 9.20. The van der Waals surface area contributed by atoms with E-state index in [1.54, 1.807) is 18.4 Å². The predicted octanol–water partition coefficient (Wildman–Crippen LogP) is 3.70. The van der Waals surface area contributed by atoms with Gasteiger partial charge in [0.25, 0.3) is 0 Å². The lowest BCUT2D eigenvalue weighted by atomic mass is 10.2. The van der Waals surface area contributed by atoms with Crippen LogP contribution in [0.25, 0.3) is 0 Å². The van der Waals surface area contributed by atoms with Crippen molar-refractivity contribution < 1.29 is 4.74 Å². The van der Waals surface area contributed by atoms with E-state index in [0.29, 0.717) is 0 Å². The van der Waals surface area contributed by atoms with Gasteiger partial charge >= 0.3 is 0 Å². The molecule has 1 aliphatic rings. The summed E-state index contributed by atoms with van der Waals surface area (Å²) < 4.78 is 5.51. The van der Waals surface area contributed by atoms with E-state index >= 15 is 0 Å². The molecule has 0 bridgehead atoms. The molecule has 1 fully saturated rings. The number of aliphatic imine (C=N–C) groups is 1. The van der Waals surface area contributed by atoms with Crippen LogP contribution in [-0.2, 0) is 6.42 Å². The molecule has 1 aliphatic heterocycles. The molecule has 0 unspecified atom stereocenters. The van der Waals surface area contributed by atoms with E-state index in [0.717, 1.165) is 57.4 Å². The van der Waals surface area contributed by atoms with Gasteiger partial charge in [-0.1, -0.05) is 18.2 Å². The van der Waals surface area contributed by atoms with Crippen molar-refractivity contribution in [3.05, 3.63) is 46.7 Å². The van der Waals surface area contributed by atoms with Gasteiger partial charge in [0.05, 0.1) is 12.8 Å². The number of hydrogen-bond acceptors (Lipinski definition) is 4. The number of thiophene rings is 1. The Hall–Kier alpha value is -1.48. The van der Waals surface area contributed by atoms with Gasteiger partial charge in [0.15, 0.2) is 5.96 Å². The fraction of sp³-hybridized carbons (Fsp3) is 0.450. The molecular weight excluding hydrogens is 471 g/mol. The summed E-state index contributed by atoms with van der Waals surface area (Å²) in [4.78, 5) is 11.0. The van der Waals surface area contributed by atoms with E-state index in [-0.39, 0.29) is 24.0 Å². The summed E-state index contributed by atoms with van der Waals surface area (Å²) in [7, 11) is 1.73. The Labute approximate surface area is 183 Å². The maximum Gasteiger partial charge on any atom is 0.194 e. The smallest absolute Gasteiger partial charge is 0.194 e. The molecule has 5 nitrogen and oxygen atoms in total. The van der Waals surface area contributed by atoms with Crippen molar-refractivity contribution in [2.75, 3.05) is 51.3 Å². The second-order valence-corrected chi connectivity index (χ2v) is 7.24. The summed E-state index contributed by atoms with van der Waals surface area (Å²) in [5, 5.41) is 5.57. The molecule has 0 spiro atoms. The number of ether oxygens (including phenoxy) is 1. The fourth-order valence-corrected chi connectivity index (χ4v) is 3.90. The number of para-hydroxylation sites is 2. The van der Waals surface area contributed by atoms with Crippen LogP contribution in [0.2, 0.25) is 0 Å². The Morgan fingerprint density at radius 3 is 2.59 bits per heavy atom. The Morgan fingerprint density at radius 1 is 1.15 bits per heavy atom. The van der Waals surface area contributed by atoms with E-state index < -0.39 is 0 Å². The number of guanidine groups is 1. The number of nitrogens with zero attached hydrogens (tertiary/aromatic N) is 3. The van der Waals surface area contributed by atoms with E-state index in [2.05, 4.69) is 51.7 Å². The number of halogens is 1. The molecule has 3 rings (SSSR count). The first kappa shape index (κ1) is 21.8. The van der Waals surface area contributed by atoms with Gasteiger partial charge in [0.2, 0.25) is 0 Å². The zero-order chi connectivity index (χ0) is 18.2. The van der Waals surface area contributed by atoms with Gasteiger partial charge in [-0.15, -0.1) is 35.3 Å². The van der Waals surface area contributed by atoms with E-state index in [1.165, 1.54) is 10.6 Å². The standard InChI is InChI=1S/C20H28N4OS.HI/c1-3-21-20(22-11-10-17-7-6-16-26-17)24-14-12-23(13-15-24)18-8-4-5-9-19(18)25-2;/h4-9,16H,3,10-15H2,1-2H3,(H,21,22);1H. The summed E-state index contributed by atoms with van der Waals surface area (Å²) in [6.07, 6.45) is 1.01. The van der Waals surface area contributed by atoms with Crippen molar-refractivity contribution >= 4 is 47.0 Å². The number of hydrogen-bond donors (Lipinski definition) is 1. The van der Waals surface area contributed by atoms with Crippen molar-refractivity contribution in [1.82, 2.24) is 10.2 Å². The highest BCUT2D eigenvalue weighted by Crippen LogP contribution is 2.28. The molecule has 2 heterocycles. The molecule has 2 aromatic rings. The molecule has 0 radical (unpaired) electrons. The van der Waals surface area contributed by atoms with Crippen molar-refractivity contribution in [3.63, 3.8) is 0 Å². The van der Waals surface area contributed by atoms with Gasteiger partial charge in [0.1, 0.15) is 5.75 Å². The van der Waals surface area contributed by atoms with Gasteiger partial charge in [-0.2, -0.15) is 0 Å². The monoisotopic (exact) mass is 500 g/mol. The maximum absolute atomic E-state index is 5.51. The maximum atomic E-state index is 5.51. The zero-order valence-electron chi connectivity index (χ0n) is 16.1. The van der Waals surface area contributed by atoms with Crippen LogP contribution < -0.4 is 15.0 Å². The van der Waals surface area contributed by atoms with Crippen LogP contribution in [0.15, 0.2) is 46.8 Å². The SMILES string of the molecule is CCNC(=NCCc1cccs1)N1CCN(c2ccccc2OC)CC1.I. The summed E-state index contributed by atoms with van der Waals surface area (Å²) in [6.45, 7) is 7.71. The Bertz CT molecular complexity index is 700. The average Bonchev–Trinajstić information content (AvgIpc) is 3.21. The molecule has 0 aliphatic carbocycles. The number of benzene rings is 1. The van der Waals surface area contributed by atoms with Gasteiger partial charge < -0.3 is 19.9 Å². The third-order valence-corrected chi connectivity index (χ3v) is 5.48. The third kappa shape index (κ3) is 6.00. The molecule has 0 saturated carbocycles. The summed E-state index contributed by atoms with van der Waals surface area (Å²) >= 11 is 1.80. The molecular formula is C20H29IN4OS. The average molecular weight is 500 g/mol. The summed E-state index contributed by atoms with van der Waals surface area (Å²) in [6, 6.07) is 12.5. The molecule has 0 atom stereocenters. The summed E-state index contributed by atoms with van der Waals surface area (Å²) in [5.41, 5.74) is 1.18. The lowest BCUT2D eigenvalue weighted by Crippen LogP contribution is -2.52. The highest BCUT2D eigenvalue weighted by molar-refractivity contribution is 14.0. The van der Waals surface area contributed by atoms with E-state index in [9.17, 15) is 0 Å². The van der Waals surface area contributed by atoms with Gasteiger partial charge in [-0.05, 0) is 30.5 Å². The molecule has 1 saturated heterocycles. The number of nitrogens with one attached hydrogen (secondary N) is 1. The second-order valence-electron chi connectivity index (χ2n) is 6.21. The van der Waals surface area contributed by atoms with Crippen LogP contribution in [0.3, 0.4) is 0 Å². The molecule has 1 aromatic carbocycles. The molecule has 7 heteroatoms.